The summed E-state index contributed by atoms with van der Waals surface area (Å²) in [5.41, 5.74) is 13.6. The molecule has 2 heterocycles. The maximum Gasteiger partial charge on any atom is 0.220 e. The maximum atomic E-state index is 5.89. The molecule has 5 heteroatoms. The van der Waals surface area contributed by atoms with Crippen LogP contribution in [0.15, 0.2) is 6.20 Å². The minimum atomic E-state index is 0.344. The molecular formula is C11H19N5. The van der Waals surface area contributed by atoms with Gasteiger partial charge in [0.05, 0.1) is 17.6 Å². The largest absolute Gasteiger partial charge is 0.369 e. The summed E-state index contributed by atoms with van der Waals surface area (Å²) in [5, 5.41) is 0. The Kier molecular flexibility index (Phi) is 3.24. The second kappa shape index (κ2) is 4.65. The lowest BCUT2D eigenvalue weighted by molar-refractivity contribution is 0.499. The van der Waals surface area contributed by atoms with Crippen molar-refractivity contribution < 1.29 is 0 Å². The molecule has 1 saturated heterocycles. The third-order valence-corrected chi connectivity index (χ3v) is 3.08. The Bertz CT molecular complexity index is 357. The Morgan fingerprint density at radius 3 is 2.75 bits per heavy atom. The first-order valence-corrected chi connectivity index (χ1v) is 5.82. The van der Waals surface area contributed by atoms with E-state index in [0.29, 0.717) is 12.0 Å². The fourth-order valence-electron chi connectivity index (χ4n) is 2.09. The monoisotopic (exact) mass is 221 g/mol. The van der Waals surface area contributed by atoms with Crippen molar-refractivity contribution in [3.63, 3.8) is 0 Å². The highest BCUT2D eigenvalue weighted by atomic mass is 15.2. The predicted molar refractivity (Wildman–Crippen MR) is 65.2 cm³/mol. The molecule has 0 saturated carbocycles. The molecule has 1 fully saturated rings. The van der Waals surface area contributed by atoms with E-state index in [1.807, 2.05) is 6.20 Å². The highest BCUT2D eigenvalue weighted by Gasteiger charge is 2.19. The SMILES string of the molecule is CCc1nc(N)ncc1N1CCC(N)CC1. The van der Waals surface area contributed by atoms with Crippen LogP contribution in [0.4, 0.5) is 11.6 Å². The van der Waals surface area contributed by atoms with E-state index in [1.54, 1.807) is 0 Å². The number of piperidine rings is 1. The average Bonchev–Trinajstić information content (AvgIpc) is 2.30. The highest BCUT2D eigenvalue weighted by Crippen LogP contribution is 2.22. The number of nitrogen functional groups attached to an aromatic ring is 1. The Hall–Kier alpha value is -1.36. The van der Waals surface area contributed by atoms with E-state index in [4.69, 9.17) is 11.5 Å². The van der Waals surface area contributed by atoms with Gasteiger partial charge in [0.25, 0.3) is 0 Å². The molecule has 0 radical (unpaired) electrons. The first kappa shape index (κ1) is 11.1. The van der Waals surface area contributed by atoms with Gasteiger partial charge >= 0.3 is 0 Å². The number of nitrogens with two attached hydrogens (primary N) is 2. The van der Waals surface area contributed by atoms with Crippen molar-refractivity contribution in [2.24, 2.45) is 5.73 Å². The Morgan fingerprint density at radius 1 is 1.44 bits per heavy atom. The zero-order valence-electron chi connectivity index (χ0n) is 9.69. The van der Waals surface area contributed by atoms with Crippen LogP contribution in [0.2, 0.25) is 0 Å². The van der Waals surface area contributed by atoms with Gasteiger partial charge in [-0.3, -0.25) is 0 Å². The summed E-state index contributed by atoms with van der Waals surface area (Å²) in [6.07, 6.45) is 4.78. The Morgan fingerprint density at radius 2 is 2.12 bits per heavy atom. The Balaban J connectivity index is 2.19. The van der Waals surface area contributed by atoms with E-state index in [1.165, 1.54) is 0 Å². The first-order chi connectivity index (χ1) is 7.70. The molecule has 1 aromatic heterocycles. The molecule has 2 rings (SSSR count). The van der Waals surface area contributed by atoms with Gasteiger partial charge < -0.3 is 16.4 Å². The molecule has 4 N–H and O–H groups in total. The topological polar surface area (TPSA) is 81.1 Å². The predicted octanol–water partition coefficient (Wildman–Crippen LogP) is 0.549. The fourth-order valence-corrected chi connectivity index (χ4v) is 2.09. The minimum absolute atomic E-state index is 0.344. The van der Waals surface area contributed by atoms with Crippen LogP contribution >= 0.6 is 0 Å². The number of hydrogen-bond donors (Lipinski definition) is 2. The molecule has 1 aliphatic heterocycles. The van der Waals surface area contributed by atoms with Gasteiger partial charge in [0, 0.05) is 19.1 Å². The second-order valence-corrected chi connectivity index (χ2v) is 4.24. The molecule has 5 nitrogen and oxygen atoms in total. The molecule has 16 heavy (non-hydrogen) atoms. The summed E-state index contributed by atoms with van der Waals surface area (Å²) in [5.74, 6) is 0.356. The number of nitrogens with zero attached hydrogens (tertiary/aromatic N) is 3. The fraction of sp³-hybridized carbons (Fsp3) is 0.636. The van der Waals surface area contributed by atoms with E-state index in [-0.39, 0.29) is 0 Å². The molecule has 0 aromatic carbocycles. The van der Waals surface area contributed by atoms with Crippen LogP contribution in [0.1, 0.15) is 25.5 Å². The molecule has 0 amide bonds. The third-order valence-electron chi connectivity index (χ3n) is 3.08. The van der Waals surface area contributed by atoms with Gasteiger partial charge in [0.1, 0.15) is 0 Å². The molecule has 0 atom stereocenters. The van der Waals surface area contributed by atoms with Crippen LogP contribution in [0.3, 0.4) is 0 Å². The number of hydrogen-bond acceptors (Lipinski definition) is 5. The third kappa shape index (κ3) is 2.24. The van der Waals surface area contributed by atoms with Gasteiger partial charge in [0.15, 0.2) is 0 Å². The smallest absolute Gasteiger partial charge is 0.220 e. The molecule has 0 unspecified atom stereocenters. The molecule has 0 bridgehead atoms. The summed E-state index contributed by atoms with van der Waals surface area (Å²) in [6, 6.07) is 0.344. The van der Waals surface area contributed by atoms with E-state index in [0.717, 1.165) is 43.7 Å². The zero-order valence-corrected chi connectivity index (χ0v) is 9.69. The van der Waals surface area contributed by atoms with Crippen molar-refractivity contribution in [2.75, 3.05) is 23.7 Å². The van der Waals surface area contributed by atoms with Crippen LogP contribution in [-0.4, -0.2) is 29.1 Å². The minimum Gasteiger partial charge on any atom is -0.369 e. The average molecular weight is 221 g/mol. The standard InChI is InChI=1S/C11H19N5/c1-2-9-10(7-14-11(13)15-9)16-5-3-8(12)4-6-16/h7-8H,2-6,12H2,1H3,(H2,13,14,15). The zero-order chi connectivity index (χ0) is 11.5. The maximum absolute atomic E-state index is 5.89. The van der Waals surface area contributed by atoms with Crippen LogP contribution in [0.25, 0.3) is 0 Å². The van der Waals surface area contributed by atoms with Gasteiger partial charge in [0.2, 0.25) is 5.95 Å². The van der Waals surface area contributed by atoms with Gasteiger partial charge in [-0.15, -0.1) is 0 Å². The van der Waals surface area contributed by atoms with E-state index in [9.17, 15) is 0 Å². The van der Waals surface area contributed by atoms with Crippen LogP contribution in [-0.2, 0) is 6.42 Å². The summed E-state index contributed by atoms with van der Waals surface area (Å²) >= 11 is 0. The summed E-state index contributed by atoms with van der Waals surface area (Å²) in [6.45, 7) is 4.06. The van der Waals surface area contributed by atoms with E-state index < -0.39 is 0 Å². The number of aryl methyl sites for hydroxylation is 1. The van der Waals surface area contributed by atoms with Gasteiger partial charge in [-0.25, -0.2) is 9.97 Å². The summed E-state index contributed by atoms with van der Waals surface area (Å²) in [7, 11) is 0. The van der Waals surface area contributed by atoms with Crippen molar-refractivity contribution >= 4 is 11.6 Å². The molecule has 88 valence electrons. The molecule has 1 aliphatic rings. The summed E-state index contributed by atoms with van der Waals surface area (Å²) < 4.78 is 0. The van der Waals surface area contributed by atoms with Gasteiger partial charge in [-0.05, 0) is 19.3 Å². The van der Waals surface area contributed by atoms with Crippen LogP contribution < -0.4 is 16.4 Å². The molecule has 0 aliphatic carbocycles. The lowest BCUT2D eigenvalue weighted by atomic mass is 10.1. The van der Waals surface area contributed by atoms with E-state index in [2.05, 4.69) is 21.8 Å². The second-order valence-electron chi connectivity index (χ2n) is 4.24. The van der Waals surface area contributed by atoms with Gasteiger partial charge in [-0.2, -0.15) is 0 Å². The van der Waals surface area contributed by atoms with Crippen molar-refractivity contribution in [1.82, 2.24) is 9.97 Å². The van der Waals surface area contributed by atoms with Crippen LogP contribution in [0.5, 0.6) is 0 Å². The van der Waals surface area contributed by atoms with Crippen LogP contribution in [0, 0.1) is 0 Å². The number of anilines is 2. The normalized spacial score (nSPS) is 17.8. The Labute approximate surface area is 95.9 Å². The van der Waals surface area contributed by atoms with Crippen molar-refractivity contribution in [3.8, 4) is 0 Å². The van der Waals surface area contributed by atoms with Crippen molar-refractivity contribution in [1.29, 1.82) is 0 Å². The molecule has 1 aromatic rings. The number of aromatic nitrogens is 2. The molecular weight excluding hydrogens is 202 g/mol. The lowest BCUT2D eigenvalue weighted by Gasteiger charge is -2.32. The van der Waals surface area contributed by atoms with Gasteiger partial charge in [-0.1, -0.05) is 6.92 Å². The van der Waals surface area contributed by atoms with Crippen molar-refractivity contribution in [2.45, 2.75) is 32.2 Å². The molecule has 0 spiro atoms. The highest BCUT2D eigenvalue weighted by molar-refractivity contribution is 5.51. The first-order valence-electron chi connectivity index (χ1n) is 5.82. The van der Waals surface area contributed by atoms with E-state index >= 15 is 0 Å². The lowest BCUT2D eigenvalue weighted by Crippen LogP contribution is -2.40. The quantitative estimate of drug-likeness (QED) is 0.762. The summed E-state index contributed by atoms with van der Waals surface area (Å²) in [4.78, 5) is 10.7. The van der Waals surface area contributed by atoms with Crippen molar-refractivity contribution in [3.05, 3.63) is 11.9 Å². The number of rotatable bonds is 2.